The van der Waals surface area contributed by atoms with Crippen LogP contribution in [0.1, 0.15) is 24.9 Å². The Labute approximate surface area is 115 Å². The number of ether oxygens (including phenoxy) is 1. The molecule has 0 aliphatic carbocycles. The number of aliphatic hydroxyl groups is 1. The minimum atomic E-state index is -0.484. The molecule has 0 radical (unpaired) electrons. The summed E-state index contributed by atoms with van der Waals surface area (Å²) in [5.74, 6) is 1.85. The van der Waals surface area contributed by atoms with Crippen LogP contribution in [0.5, 0.6) is 0 Å². The molecule has 1 heterocycles. The van der Waals surface area contributed by atoms with Gasteiger partial charge < -0.3 is 14.3 Å². The van der Waals surface area contributed by atoms with Crippen molar-refractivity contribution in [2.45, 2.75) is 32.9 Å². The van der Waals surface area contributed by atoms with Crippen molar-refractivity contribution in [3.8, 4) is 0 Å². The van der Waals surface area contributed by atoms with Crippen LogP contribution in [0.25, 0.3) is 0 Å². The molecule has 0 aliphatic heterocycles. The van der Waals surface area contributed by atoms with Gasteiger partial charge in [0.05, 0.1) is 25.9 Å². The molecule has 1 atom stereocenters. The first-order chi connectivity index (χ1) is 9.15. The predicted molar refractivity (Wildman–Crippen MR) is 76.0 cm³/mol. The Hall–Kier alpha value is -1.10. The van der Waals surface area contributed by atoms with E-state index in [1.54, 1.807) is 6.08 Å². The van der Waals surface area contributed by atoms with Gasteiger partial charge in [0.2, 0.25) is 0 Å². The summed E-state index contributed by atoms with van der Waals surface area (Å²) in [5.41, 5.74) is 0. The van der Waals surface area contributed by atoms with Gasteiger partial charge in [0.1, 0.15) is 11.5 Å². The number of hydrogen-bond acceptors (Lipinski definition) is 4. The molecule has 19 heavy (non-hydrogen) atoms. The molecule has 0 spiro atoms. The summed E-state index contributed by atoms with van der Waals surface area (Å²) in [6, 6.07) is 3.95. The third kappa shape index (κ3) is 6.57. The summed E-state index contributed by atoms with van der Waals surface area (Å²) in [7, 11) is 0. The van der Waals surface area contributed by atoms with Crippen LogP contribution in [0.2, 0.25) is 0 Å². The average molecular weight is 267 g/mol. The van der Waals surface area contributed by atoms with Crippen molar-refractivity contribution in [1.29, 1.82) is 0 Å². The minimum Gasteiger partial charge on any atom is -0.465 e. The van der Waals surface area contributed by atoms with Gasteiger partial charge in [0, 0.05) is 6.54 Å². The van der Waals surface area contributed by atoms with Crippen LogP contribution in [0.3, 0.4) is 0 Å². The Morgan fingerprint density at radius 3 is 2.89 bits per heavy atom. The minimum absolute atomic E-state index is 0.337. The van der Waals surface area contributed by atoms with Gasteiger partial charge in [-0.3, -0.25) is 4.90 Å². The molecular weight excluding hydrogens is 242 g/mol. The fourth-order valence-electron chi connectivity index (χ4n) is 1.98. The summed E-state index contributed by atoms with van der Waals surface area (Å²) in [6.45, 7) is 10.7. The van der Waals surface area contributed by atoms with Crippen molar-refractivity contribution in [3.63, 3.8) is 0 Å². The summed E-state index contributed by atoms with van der Waals surface area (Å²) in [6.07, 6.45) is 2.24. The number of hydrogen-bond donors (Lipinski definition) is 1. The van der Waals surface area contributed by atoms with E-state index in [2.05, 4.69) is 18.4 Å². The van der Waals surface area contributed by atoms with Gasteiger partial charge in [0.25, 0.3) is 0 Å². The highest BCUT2D eigenvalue weighted by molar-refractivity contribution is 5.05. The Morgan fingerprint density at radius 2 is 2.32 bits per heavy atom. The molecule has 108 valence electrons. The second-order valence-corrected chi connectivity index (χ2v) is 4.73. The van der Waals surface area contributed by atoms with Gasteiger partial charge in [-0.25, -0.2) is 0 Å². The van der Waals surface area contributed by atoms with E-state index in [1.807, 2.05) is 19.1 Å². The maximum absolute atomic E-state index is 9.92. The topological polar surface area (TPSA) is 45.8 Å². The van der Waals surface area contributed by atoms with Crippen molar-refractivity contribution in [2.24, 2.45) is 0 Å². The zero-order valence-electron chi connectivity index (χ0n) is 12.0. The zero-order valence-corrected chi connectivity index (χ0v) is 12.0. The highest BCUT2D eigenvalue weighted by Gasteiger charge is 2.13. The van der Waals surface area contributed by atoms with Crippen LogP contribution >= 0.6 is 0 Å². The van der Waals surface area contributed by atoms with Crippen LogP contribution in [0.15, 0.2) is 29.2 Å². The van der Waals surface area contributed by atoms with E-state index in [4.69, 9.17) is 9.15 Å². The largest absolute Gasteiger partial charge is 0.465 e. The number of rotatable bonds is 10. The average Bonchev–Trinajstić information content (AvgIpc) is 2.75. The summed E-state index contributed by atoms with van der Waals surface area (Å²) < 4.78 is 10.8. The van der Waals surface area contributed by atoms with Crippen molar-refractivity contribution in [2.75, 3.05) is 26.3 Å². The van der Waals surface area contributed by atoms with Gasteiger partial charge in [-0.05, 0) is 32.0 Å². The van der Waals surface area contributed by atoms with Crippen molar-refractivity contribution >= 4 is 0 Å². The molecule has 0 amide bonds. The quantitative estimate of drug-likeness (QED) is 0.522. The molecule has 0 saturated carbocycles. The second kappa shape index (κ2) is 8.91. The highest BCUT2D eigenvalue weighted by Crippen LogP contribution is 2.10. The van der Waals surface area contributed by atoms with Crippen LogP contribution in [0, 0.1) is 6.92 Å². The fraction of sp³-hybridized carbons (Fsp3) is 0.600. The fourth-order valence-corrected chi connectivity index (χ4v) is 1.98. The SMILES string of the molecule is C=CCOC[C@@H](O)CN(CCC)Cc1ccc(C)o1. The van der Waals surface area contributed by atoms with Crippen molar-refractivity contribution < 1.29 is 14.3 Å². The maximum atomic E-state index is 9.92. The van der Waals surface area contributed by atoms with Crippen LogP contribution in [0.4, 0.5) is 0 Å². The first-order valence-corrected chi connectivity index (χ1v) is 6.80. The van der Waals surface area contributed by atoms with Gasteiger partial charge in [-0.15, -0.1) is 6.58 Å². The highest BCUT2D eigenvalue weighted by atomic mass is 16.5. The number of aryl methyl sites for hydroxylation is 1. The van der Waals surface area contributed by atoms with Gasteiger partial charge in [-0.1, -0.05) is 13.0 Å². The molecule has 0 fully saturated rings. The first-order valence-electron chi connectivity index (χ1n) is 6.80. The lowest BCUT2D eigenvalue weighted by Gasteiger charge is -2.23. The normalized spacial score (nSPS) is 12.8. The Bertz CT molecular complexity index is 362. The molecule has 0 bridgehead atoms. The lowest BCUT2D eigenvalue weighted by atomic mass is 10.3. The number of aliphatic hydroxyl groups excluding tert-OH is 1. The second-order valence-electron chi connectivity index (χ2n) is 4.73. The molecular formula is C15H25NO3. The number of nitrogens with zero attached hydrogens (tertiary/aromatic N) is 1. The predicted octanol–water partition coefficient (Wildman–Crippen LogP) is 2.36. The third-order valence-corrected chi connectivity index (χ3v) is 2.73. The zero-order chi connectivity index (χ0) is 14.1. The van der Waals surface area contributed by atoms with E-state index in [0.717, 1.165) is 31.0 Å². The molecule has 1 aromatic rings. The van der Waals surface area contributed by atoms with Gasteiger partial charge in [-0.2, -0.15) is 0 Å². The molecule has 4 heteroatoms. The summed E-state index contributed by atoms with van der Waals surface area (Å²) in [4.78, 5) is 2.18. The molecule has 1 rings (SSSR count). The Balaban J connectivity index is 2.40. The van der Waals surface area contributed by atoms with E-state index in [-0.39, 0.29) is 0 Å². The van der Waals surface area contributed by atoms with E-state index < -0.39 is 6.10 Å². The van der Waals surface area contributed by atoms with Crippen LogP contribution in [-0.4, -0.2) is 42.4 Å². The standard InChI is InChI=1S/C15H25NO3/c1-4-8-16(10-14(17)12-18-9-5-2)11-15-7-6-13(3)19-15/h5-7,14,17H,2,4,8-12H2,1,3H3/t14-/m0/s1. The molecule has 0 aromatic carbocycles. The molecule has 1 aromatic heterocycles. The Kier molecular flexibility index (Phi) is 7.48. The lowest BCUT2D eigenvalue weighted by Crippen LogP contribution is -2.35. The summed E-state index contributed by atoms with van der Waals surface area (Å²) in [5, 5.41) is 9.92. The van der Waals surface area contributed by atoms with Crippen molar-refractivity contribution in [1.82, 2.24) is 4.90 Å². The number of furan rings is 1. The van der Waals surface area contributed by atoms with Crippen LogP contribution in [-0.2, 0) is 11.3 Å². The van der Waals surface area contributed by atoms with E-state index in [9.17, 15) is 5.11 Å². The molecule has 1 N–H and O–H groups in total. The van der Waals surface area contributed by atoms with Crippen molar-refractivity contribution in [3.05, 3.63) is 36.3 Å². The van der Waals surface area contributed by atoms with E-state index in [0.29, 0.717) is 19.8 Å². The molecule has 0 saturated heterocycles. The van der Waals surface area contributed by atoms with Gasteiger partial charge in [0.15, 0.2) is 0 Å². The first kappa shape index (κ1) is 16.0. The van der Waals surface area contributed by atoms with E-state index >= 15 is 0 Å². The van der Waals surface area contributed by atoms with Crippen LogP contribution < -0.4 is 0 Å². The lowest BCUT2D eigenvalue weighted by molar-refractivity contribution is 0.0234. The molecule has 0 aliphatic rings. The van der Waals surface area contributed by atoms with Gasteiger partial charge >= 0.3 is 0 Å². The van der Waals surface area contributed by atoms with E-state index in [1.165, 1.54) is 0 Å². The maximum Gasteiger partial charge on any atom is 0.118 e. The monoisotopic (exact) mass is 267 g/mol. The molecule has 0 unspecified atom stereocenters. The third-order valence-electron chi connectivity index (χ3n) is 2.73. The summed E-state index contributed by atoms with van der Waals surface area (Å²) >= 11 is 0. The molecule has 4 nitrogen and oxygen atoms in total. The smallest absolute Gasteiger partial charge is 0.118 e. The Morgan fingerprint density at radius 1 is 1.53 bits per heavy atom.